The Kier molecular flexibility index (Phi) is 3.92. The van der Waals surface area contributed by atoms with Gasteiger partial charge in [0, 0.05) is 11.1 Å². The first-order valence-corrected chi connectivity index (χ1v) is 6.75. The highest BCUT2D eigenvalue weighted by atomic mass is 32.1. The van der Waals surface area contributed by atoms with Gasteiger partial charge in [-0.25, -0.2) is 4.98 Å². The van der Waals surface area contributed by atoms with Gasteiger partial charge in [0.15, 0.2) is 0 Å². The van der Waals surface area contributed by atoms with Crippen molar-refractivity contribution in [2.75, 3.05) is 6.54 Å². The zero-order valence-electron chi connectivity index (χ0n) is 10.5. The number of benzene rings is 1. The molecule has 0 fully saturated rings. The van der Waals surface area contributed by atoms with Crippen LogP contribution in [0.2, 0.25) is 0 Å². The van der Waals surface area contributed by atoms with Crippen LogP contribution in [0.4, 0.5) is 0 Å². The van der Waals surface area contributed by atoms with Crippen molar-refractivity contribution in [1.29, 1.82) is 0 Å². The van der Waals surface area contributed by atoms with Crippen LogP contribution in [0.5, 0.6) is 0 Å². The second kappa shape index (κ2) is 5.43. The first kappa shape index (κ1) is 12.3. The van der Waals surface area contributed by atoms with Crippen LogP contribution in [-0.4, -0.2) is 11.5 Å². The summed E-state index contributed by atoms with van der Waals surface area (Å²) in [6.45, 7) is 7.30. The fourth-order valence-corrected chi connectivity index (χ4v) is 2.87. The van der Waals surface area contributed by atoms with Crippen LogP contribution in [0, 0.1) is 13.8 Å². The SMILES string of the molecule is CCNC(c1cnc(C)s1)c1ccccc1C. The Labute approximate surface area is 107 Å². The highest BCUT2D eigenvalue weighted by Crippen LogP contribution is 2.28. The monoisotopic (exact) mass is 246 g/mol. The van der Waals surface area contributed by atoms with Crippen molar-refractivity contribution in [3.05, 3.63) is 51.5 Å². The number of hydrogen-bond acceptors (Lipinski definition) is 3. The van der Waals surface area contributed by atoms with Gasteiger partial charge in [0.05, 0.1) is 11.0 Å². The van der Waals surface area contributed by atoms with Gasteiger partial charge in [-0.15, -0.1) is 11.3 Å². The number of nitrogens with one attached hydrogen (secondary N) is 1. The van der Waals surface area contributed by atoms with Crippen LogP contribution < -0.4 is 5.32 Å². The van der Waals surface area contributed by atoms with Crippen LogP contribution in [-0.2, 0) is 0 Å². The Balaban J connectivity index is 2.39. The predicted molar refractivity (Wildman–Crippen MR) is 73.5 cm³/mol. The molecule has 1 unspecified atom stereocenters. The summed E-state index contributed by atoms with van der Waals surface area (Å²) in [6.07, 6.45) is 1.99. The van der Waals surface area contributed by atoms with Crippen molar-refractivity contribution in [2.24, 2.45) is 0 Å². The third-order valence-corrected chi connectivity index (χ3v) is 3.81. The maximum absolute atomic E-state index is 4.35. The Morgan fingerprint density at radius 2 is 2.06 bits per heavy atom. The number of rotatable bonds is 4. The molecule has 17 heavy (non-hydrogen) atoms. The van der Waals surface area contributed by atoms with Gasteiger partial charge in [0.2, 0.25) is 0 Å². The number of aromatic nitrogens is 1. The third kappa shape index (κ3) is 2.73. The molecule has 2 aromatic rings. The van der Waals surface area contributed by atoms with E-state index in [9.17, 15) is 0 Å². The minimum Gasteiger partial charge on any atom is -0.306 e. The van der Waals surface area contributed by atoms with Gasteiger partial charge in [0.1, 0.15) is 0 Å². The molecule has 0 aliphatic rings. The summed E-state index contributed by atoms with van der Waals surface area (Å²) in [7, 11) is 0. The molecule has 1 heterocycles. The van der Waals surface area contributed by atoms with Crippen molar-refractivity contribution >= 4 is 11.3 Å². The van der Waals surface area contributed by atoms with Crippen LogP contribution in [0.3, 0.4) is 0 Å². The van der Waals surface area contributed by atoms with Gasteiger partial charge in [-0.3, -0.25) is 0 Å². The highest BCUT2D eigenvalue weighted by molar-refractivity contribution is 7.11. The summed E-state index contributed by atoms with van der Waals surface area (Å²) in [5, 5.41) is 4.66. The van der Waals surface area contributed by atoms with Gasteiger partial charge in [-0.1, -0.05) is 31.2 Å². The zero-order chi connectivity index (χ0) is 12.3. The van der Waals surface area contributed by atoms with Crippen molar-refractivity contribution in [3.8, 4) is 0 Å². The summed E-state index contributed by atoms with van der Waals surface area (Å²) >= 11 is 1.77. The molecule has 3 heteroatoms. The van der Waals surface area contributed by atoms with Gasteiger partial charge in [-0.05, 0) is 31.5 Å². The molecule has 0 saturated heterocycles. The molecule has 0 amide bonds. The lowest BCUT2D eigenvalue weighted by Gasteiger charge is -2.18. The van der Waals surface area contributed by atoms with Crippen LogP contribution in [0.1, 0.15) is 34.0 Å². The average Bonchev–Trinajstić information content (AvgIpc) is 2.74. The molecule has 1 aromatic heterocycles. The largest absolute Gasteiger partial charge is 0.306 e. The molecule has 1 atom stereocenters. The minimum atomic E-state index is 0.271. The molecule has 1 aromatic carbocycles. The molecule has 90 valence electrons. The van der Waals surface area contributed by atoms with Crippen molar-refractivity contribution in [2.45, 2.75) is 26.8 Å². The summed E-state index contributed by atoms with van der Waals surface area (Å²) in [6, 6.07) is 8.80. The minimum absolute atomic E-state index is 0.271. The normalized spacial score (nSPS) is 12.6. The Bertz CT molecular complexity index is 490. The van der Waals surface area contributed by atoms with E-state index in [1.54, 1.807) is 11.3 Å². The van der Waals surface area contributed by atoms with E-state index in [1.807, 2.05) is 6.20 Å². The van der Waals surface area contributed by atoms with E-state index in [1.165, 1.54) is 16.0 Å². The molecular formula is C14H18N2S. The molecule has 2 rings (SSSR count). The summed E-state index contributed by atoms with van der Waals surface area (Å²) < 4.78 is 0. The molecule has 2 nitrogen and oxygen atoms in total. The molecule has 0 bridgehead atoms. The quantitative estimate of drug-likeness (QED) is 0.893. The van der Waals surface area contributed by atoms with E-state index in [4.69, 9.17) is 0 Å². The maximum Gasteiger partial charge on any atom is 0.0897 e. The highest BCUT2D eigenvalue weighted by Gasteiger charge is 2.16. The molecule has 0 aliphatic heterocycles. The fraction of sp³-hybridized carbons (Fsp3) is 0.357. The van der Waals surface area contributed by atoms with Gasteiger partial charge in [-0.2, -0.15) is 0 Å². The van der Waals surface area contributed by atoms with Crippen LogP contribution >= 0.6 is 11.3 Å². The second-order valence-electron chi connectivity index (χ2n) is 4.13. The smallest absolute Gasteiger partial charge is 0.0897 e. The standard InChI is InChI=1S/C14H18N2S/c1-4-15-14(13-9-16-11(3)17-13)12-8-6-5-7-10(12)2/h5-9,14-15H,4H2,1-3H3. The molecular weight excluding hydrogens is 228 g/mol. The van der Waals surface area contributed by atoms with E-state index in [0.717, 1.165) is 11.6 Å². The van der Waals surface area contributed by atoms with Crippen molar-refractivity contribution < 1.29 is 0 Å². The summed E-state index contributed by atoms with van der Waals surface area (Å²) in [5.41, 5.74) is 2.67. The summed E-state index contributed by atoms with van der Waals surface area (Å²) in [5.74, 6) is 0. The first-order valence-electron chi connectivity index (χ1n) is 5.93. The maximum atomic E-state index is 4.35. The Morgan fingerprint density at radius 1 is 1.29 bits per heavy atom. The van der Waals surface area contributed by atoms with E-state index in [-0.39, 0.29) is 6.04 Å². The van der Waals surface area contributed by atoms with Gasteiger partial charge in [0.25, 0.3) is 0 Å². The Hall–Kier alpha value is -1.19. The summed E-state index contributed by atoms with van der Waals surface area (Å²) in [4.78, 5) is 5.64. The third-order valence-electron chi connectivity index (χ3n) is 2.83. The molecule has 0 radical (unpaired) electrons. The van der Waals surface area contributed by atoms with Gasteiger partial charge < -0.3 is 5.32 Å². The molecule has 0 saturated carbocycles. The van der Waals surface area contributed by atoms with Crippen LogP contribution in [0.25, 0.3) is 0 Å². The fourth-order valence-electron chi connectivity index (χ4n) is 1.99. The van der Waals surface area contributed by atoms with E-state index < -0.39 is 0 Å². The zero-order valence-corrected chi connectivity index (χ0v) is 11.3. The number of hydrogen-bond donors (Lipinski definition) is 1. The average molecular weight is 246 g/mol. The number of nitrogens with zero attached hydrogens (tertiary/aromatic N) is 1. The number of aryl methyl sites for hydroxylation is 2. The lowest BCUT2D eigenvalue weighted by Crippen LogP contribution is -2.21. The van der Waals surface area contributed by atoms with E-state index in [2.05, 4.69) is 55.3 Å². The second-order valence-corrected chi connectivity index (χ2v) is 5.40. The molecule has 0 spiro atoms. The molecule has 0 aliphatic carbocycles. The topological polar surface area (TPSA) is 24.9 Å². The van der Waals surface area contributed by atoms with Gasteiger partial charge >= 0.3 is 0 Å². The van der Waals surface area contributed by atoms with Crippen LogP contribution in [0.15, 0.2) is 30.5 Å². The van der Waals surface area contributed by atoms with E-state index >= 15 is 0 Å². The van der Waals surface area contributed by atoms with Crippen molar-refractivity contribution in [3.63, 3.8) is 0 Å². The Morgan fingerprint density at radius 3 is 2.65 bits per heavy atom. The lowest BCUT2D eigenvalue weighted by atomic mass is 10.0. The first-order chi connectivity index (χ1) is 8.22. The molecule has 1 N–H and O–H groups in total. The number of thiazole rings is 1. The van der Waals surface area contributed by atoms with Crippen molar-refractivity contribution in [1.82, 2.24) is 10.3 Å². The lowest BCUT2D eigenvalue weighted by molar-refractivity contribution is 0.635. The predicted octanol–water partition coefficient (Wildman–Crippen LogP) is 3.46. The van der Waals surface area contributed by atoms with E-state index in [0.29, 0.717) is 0 Å².